The Kier molecular flexibility index (Phi) is 4.12. The van der Waals surface area contributed by atoms with Gasteiger partial charge in [0.1, 0.15) is 4.90 Å². The van der Waals surface area contributed by atoms with Crippen molar-refractivity contribution in [1.29, 1.82) is 0 Å². The van der Waals surface area contributed by atoms with Crippen LogP contribution in [-0.2, 0) is 16.6 Å². The predicted octanol–water partition coefficient (Wildman–Crippen LogP) is -0.142. The van der Waals surface area contributed by atoms with Crippen LogP contribution in [0, 0.1) is 0 Å². The Labute approximate surface area is 113 Å². The summed E-state index contributed by atoms with van der Waals surface area (Å²) >= 11 is 0. The van der Waals surface area contributed by atoms with Gasteiger partial charge in [-0.2, -0.15) is 5.10 Å². The van der Waals surface area contributed by atoms with E-state index in [0.717, 1.165) is 0 Å². The third-order valence-corrected chi connectivity index (χ3v) is 4.77. The summed E-state index contributed by atoms with van der Waals surface area (Å²) in [5.74, 6) is 0.0462. The first-order valence-electron chi connectivity index (χ1n) is 6.47. The molecule has 108 valence electrons. The van der Waals surface area contributed by atoms with E-state index in [1.807, 2.05) is 14.0 Å². The second kappa shape index (κ2) is 5.48. The van der Waals surface area contributed by atoms with Gasteiger partial charge in [0.15, 0.2) is 5.82 Å². The van der Waals surface area contributed by atoms with E-state index in [9.17, 15) is 8.42 Å². The maximum Gasteiger partial charge on any atom is 0.245 e. The van der Waals surface area contributed by atoms with Crippen molar-refractivity contribution < 1.29 is 8.42 Å². The Bertz CT molecular complexity index is 535. The van der Waals surface area contributed by atoms with Gasteiger partial charge in [-0.05, 0) is 26.8 Å². The van der Waals surface area contributed by atoms with Gasteiger partial charge >= 0.3 is 0 Å². The molecule has 1 aliphatic rings. The molecule has 8 heteroatoms. The minimum Gasteiger partial charge on any atom is -0.381 e. The predicted molar refractivity (Wildman–Crippen MR) is 73.2 cm³/mol. The van der Waals surface area contributed by atoms with Gasteiger partial charge in [0, 0.05) is 31.9 Å². The highest BCUT2D eigenvalue weighted by Gasteiger charge is 2.26. The van der Waals surface area contributed by atoms with Crippen LogP contribution in [0.2, 0.25) is 0 Å². The lowest BCUT2D eigenvalue weighted by molar-refractivity contribution is 0.329. The van der Waals surface area contributed by atoms with Gasteiger partial charge < -0.3 is 10.6 Å². The lowest BCUT2D eigenvalue weighted by Gasteiger charge is -2.15. The van der Waals surface area contributed by atoms with E-state index in [0.29, 0.717) is 25.7 Å². The Balaban J connectivity index is 1.94. The lowest BCUT2D eigenvalue weighted by Crippen LogP contribution is -2.34. The minimum absolute atomic E-state index is 0.0462. The van der Waals surface area contributed by atoms with E-state index >= 15 is 0 Å². The molecule has 1 aromatic rings. The Morgan fingerprint density at radius 1 is 1.58 bits per heavy atom. The molecule has 1 aliphatic carbocycles. The van der Waals surface area contributed by atoms with E-state index in [4.69, 9.17) is 5.73 Å². The van der Waals surface area contributed by atoms with Crippen molar-refractivity contribution in [3.05, 3.63) is 6.20 Å². The lowest BCUT2D eigenvalue weighted by atomic mass is 10.5. The number of hydrogen-bond donors (Lipinski definition) is 2. The fourth-order valence-corrected chi connectivity index (χ4v) is 3.01. The number of sulfonamides is 1. The van der Waals surface area contributed by atoms with Crippen molar-refractivity contribution >= 4 is 15.8 Å². The third-order valence-electron chi connectivity index (χ3n) is 3.30. The summed E-state index contributed by atoms with van der Waals surface area (Å²) in [5, 5.41) is 3.94. The fraction of sp³-hybridized carbons (Fsp3) is 0.727. The summed E-state index contributed by atoms with van der Waals surface area (Å²) in [6, 6.07) is 0.623. The Morgan fingerprint density at radius 2 is 2.26 bits per heavy atom. The molecular formula is C11H21N5O2S. The van der Waals surface area contributed by atoms with Gasteiger partial charge in [-0.3, -0.25) is 4.68 Å². The number of aryl methyl sites for hydroxylation is 1. The quantitative estimate of drug-likeness (QED) is 0.728. The monoisotopic (exact) mass is 287 g/mol. The second-order valence-electron chi connectivity index (χ2n) is 4.84. The first-order valence-corrected chi connectivity index (χ1v) is 7.95. The van der Waals surface area contributed by atoms with E-state index in [2.05, 4.69) is 14.7 Å². The van der Waals surface area contributed by atoms with Crippen LogP contribution in [0.1, 0.15) is 19.8 Å². The van der Waals surface area contributed by atoms with E-state index in [1.165, 1.54) is 23.7 Å². The minimum atomic E-state index is -3.57. The number of nitrogens with two attached hydrogens (primary N) is 1. The largest absolute Gasteiger partial charge is 0.381 e. The molecular weight excluding hydrogens is 266 g/mol. The molecule has 2 rings (SSSR count). The molecule has 0 unspecified atom stereocenters. The number of nitrogen functional groups attached to an aromatic ring is 1. The number of nitrogens with zero attached hydrogens (tertiary/aromatic N) is 3. The summed E-state index contributed by atoms with van der Waals surface area (Å²) in [6.45, 7) is 3.54. The zero-order chi connectivity index (χ0) is 14.0. The van der Waals surface area contributed by atoms with Crippen molar-refractivity contribution in [1.82, 2.24) is 19.4 Å². The zero-order valence-corrected chi connectivity index (χ0v) is 12.2. The van der Waals surface area contributed by atoms with Crippen molar-refractivity contribution in [2.75, 3.05) is 25.9 Å². The molecule has 1 fully saturated rings. The Morgan fingerprint density at radius 3 is 2.79 bits per heavy atom. The molecule has 0 radical (unpaired) electrons. The summed E-state index contributed by atoms with van der Waals surface area (Å²) < 4.78 is 28.3. The van der Waals surface area contributed by atoms with Crippen LogP contribution < -0.4 is 10.5 Å². The van der Waals surface area contributed by atoms with E-state index in [1.54, 1.807) is 0 Å². The fourth-order valence-electron chi connectivity index (χ4n) is 1.92. The Hall–Kier alpha value is -1.12. The van der Waals surface area contributed by atoms with Gasteiger partial charge in [0.05, 0.1) is 0 Å². The van der Waals surface area contributed by atoms with Crippen LogP contribution in [0.5, 0.6) is 0 Å². The molecule has 7 nitrogen and oxygen atoms in total. The number of anilines is 1. The van der Waals surface area contributed by atoms with Crippen LogP contribution in [0.3, 0.4) is 0 Å². The second-order valence-corrected chi connectivity index (χ2v) is 6.58. The first kappa shape index (κ1) is 14.3. The molecule has 0 bridgehead atoms. The van der Waals surface area contributed by atoms with Crippen molar-refractivity contribution in [3.8, 4) is 0 Å². The molecule has 1 heterocycles. The molecule has 0 saturated heterocycles. The molecule has 0 spiro atoms. The summed E-state index contributed by atoms with van der Waals surface area (Å²) in [5.41, 5.74) is 5.63. The van der Waals surface area contributed by atoms with Gasteiger partial charge in [0.2, 0.25) is 10.0 Å². The molecule has 1 aromatic heterocycles. The van der Waals surface area contributed by atoms with Crippen molar-refractivity contribution in [2.24, 2.45) is 0 Å². The first-order chi connectivity index (χ1) is 8.94. The van der Waals surface area contributed by atoms with Gasteiger partial charge in [-0.1, -0.05) is 0 Å². The van der Waals surface area contributed by atoms with Crippen LogP contribution >= 0.6 is 0 Å². The number of rotatable bonds is 7. The molecule has 0 aromatic carbocycles. The third kappa shape index (κ3) is 3.46. The van der Waals surface area contributed by atoms with E-state index < -0.39 is 10.0 Å². The van der Waals surface area contributed by atoms with Crippen LogP contribution in [0.4, 0.5) is 5.82 Å². The maximum atomic E-state index is 12.1. The molecule has 1 saturated carbocycles. The molecule has 19 heavy (non-hydrogen) atoms. The van der Waals surface area contributed by atoms with E-state index in [-0.39, 0.29) is 10.7 Å². The standard InChI is InChI=1S/C11H21N5O2S/c1-3-16-8-10(11(12)14-16)19(17,18)13-6-7-15(2)9-4-5-9/h8-9,13H,3-7H2,1-2H3,(H2,12,14). The summed E-state index contributed by atoms with van der Waals surface area (Å²) in [4.78, 5) is 2.23. The smallest absolute Gasteiger partial charge is 0.245 e. The van der Waals surface area contributed by atoms with Gasteiger partial charge in [-0.15, -0.1) is 0 Å². The SMILES string of the molecule is CCn1cc(S(=O)(=O)NCCN(C)C2CC2)c(N)n1. The summed E-state index contributed by atoms with van der Waals surface area (Å²) in [6.07, 6.45) is 3.88. The highest BCUT2D eigenvalue weighted by Crippen LogP contribution is 2.24. The number of likely N-dealkylation sites (N-methyl/N-ethyl adjacent to an activating group) is 1. The molecule has 0 amide bonds. The molecule has 0 aliphatic heterocycles. The zero-order valence-electron chi connectivity index (χ0n) is 11.3. The van der Waals surface area contributed by atoms with Crippen LogP contribution in [0.15, 0.2) is 11.1 Å². The topological polar surface area (TPSA) is 93.2 Å². The summed E-state index contributed by atoms with van der Waals surface area (Å²) in [7, 11) is -1.56. The average Bonchev–Trinajstić information content (AvgIpc) is 3.12. The highest BCUT2D eigenvalue weighted by atomic mass is 32.2. The van der Waals surface area contributed by atoms with Crippen LogP contribution in [-0.4, -0.2) is 49.3 Å². The molecule has 3 N–H and O–H groups in total. The highest BCUT2D eigenvalue weighted by molar-refractivity contribution is 7.89. The van der Waals surface area contributed by atoms with Crippen molar-refractivity contribution in [2.45, 2.75) is 37.2 Å². The van der Waals surface area contributed by atoms with Crippen LogP contribution in [0.25, 0.3) is 0 Å². The average molecular weight is 287 g/mol. The maximum absolute atomic E-state index is 12.1. The normalized spacial score (nSPS) is 16.2. The van der Waals surface area contributed by atoms with Gasteiger partial charge in [-0.25, -0.2) is 13.1 Å². The number of aromatic nitrogens is 2. The molecule has 0 atom stereocenters. The van der Waals surface area contributed by atoms with Gasteiger partial charge in [0.25, 0.3) is 0 Å². The number of hydrogen-bond acceptors (Lipinski definition) is 5. The van der Waals surface area contributed by atoms with Crippen molar-refractivity contribution in [3.63, 3.8) is 0 Å². The number of nitrogens with one attached hydrogen (secondary N) is 1.